The Morgan fingerprint density at radius 3 is 1.93 bits per heavy atom. The minimum absolute atomic E-state index is 0.765. The van der Waals surface area contributed by atoms with Crippen LogP contribution in [0.25, 0.3) is 33.1 Å². The molecule has 1 radical (unpaired) electrons. The number of nitrogens with zero attached hydrogens (tertiary/aromatic N) is 1. The summed E-state index contributed by atoms with van der Waals surface area (Å²) in [5, 5.41) is 12.7. The van der Waals surface area contributed by atoms with Gasteiger partial charge in [-0.1, -0.05) is 78.9 Å². The van der Waals surface area contributed by atoms with Crippen molar-refractivity contribution < 1.29 is 14.2 Å². The van der Waals surface area contributed by atoms with Crippen LogP contribution in [0, 0.1) is 0 Å². The molecule has 4 nitrogen and oxygen atoms in total. The van der Waals surface area contributed by atoms with Gasteiger partial charge in [-0.3, -0.25) is 0 Å². The molecule has 1 heterocycles. The van der Waals surface area contributed by atoms with Crippen LogP contribution < -0.4 is 10.4 Å². The first kappa shape index (κ1) is 26.9. The summed E-state index contributed by atoms with van der Waals surface area (Å²) in [5.41, 5.74) is 5.95. The van der Waals surface area contributed by atoms with Gasteiger partial charge in [0.05, 0.1) is 22.3 Å². The van der Waals surface area contributed by atoms with E-state index in [0.29, 0.717) is 0 Å². The minimum Gasteiger partial charge on any atom is -0.456 e. The number of para-hydroxylation sites is 2. The fraction of sp³-hybridized carbons (Fsp3) is 0.167. The van der Waals surface area contributed by atoms with E-state index in [2.05, 4.69) is 89.8 Å². The van der Waals surface area contributed by atoms with E-state index in [1.54, 1.807) is 21.3 Å². The summed E-state index contributed by atoms with van der Waals surface area (Å²) < 4.78 is 12.6. The number of hydrogen-bond donors (Lipinski definition) is 1. The van der Waals surface area contributed by atoms with E-state index in [1.807, 2.05) is 50.2 Å². The number of furan rings is 1. The molecule has 0 bridgehead atoms. The van der Waals surface area contributed by atoms with Crippen molar-refractivity contribution in [1.82, 2.24) is 0 Å². The Balaban J connectivity index is 1.53. The molecule has 0 amide bonds. The molecule has 1 aromatic heterocycles. The molecule has 0 unspecified atom stereocenters. The Morgan fingerprint density at radius 2 is 1.24 bits per heavy atom. The van der Waals surface area contributed by atoms with Crippen LogP contribution in [0.5, 0.6) is 0 Å². The lowest BCUT2D eigenvalue weighted by Crippen LogP contribution is -2.49. The number of benzene rings is 5. The van der Waals surface area contributed by atoms with E-state index in [4.69, 9.17) is 9.07 Å². The van der Waals surface area contributed by atoms with Crippen LogP contribution in [-0.2, 0) is 4.65 Å². The highest BCUT2D eigenvalue weighted by atomic mass is 16.5. The lowest BCUT2D eigenvalue weighted by atomic mass is 9.82. The summed E-state index contributed by atoms with van der Waals surface area (Å²) in [6.07, 6.45) is 0. The van der Waals surface area contributed by atoms with Gasteiger partial charge in [0.2, 0.25) is 0 Å². The first-order valence-electron chi connectivity index (χ1n) is 13.9. The van der Waals surface area contributed by atoms with Crippen LogP contribution in [0.15, 0.2) is 126 Å². The smallest absolute Gasteiger partial charge is 0.331 e. The molecule has 6 rings (SSSR count). The van der Waals surface area contributed by atoms with Crippen molar-refractivity contribution in [1.29, 1.82) is 0 Å². The predicted molar refractivity (Wildman–Crippen MR) is 171 cm³/mol. The Labute approximate surface area is 242 Å². The standard InChI is InChI=1S/C36H33BNO3/c1-35(2,39)36(3,4)41-37-27-23-31(34-30-17-11-12-18-32(30)40-33(34)24-27)38(28-15-9-6-10-16-28)29-21-19-26(20-22-29)25-13-7-5-8-14-25/h5-24,39H,1-4H3. The molecule has 0 saturated heterocycles. The van der Waals surface area contributed by atoms with Crippen LogP contribution in [0.4, 0.5) is 17.1 Å². The van der Waals surface area contributed by atoms with E-state index >= 15 is 0 Å². The number of fused-ring (bicyclic) bond motifs is 3. The molecule has 0 aliphatic heterocycles. The molecule has 0 atom stereocenters. The fourth-order valence-electron chi connectivity index (χ4n) is 4.90. The molecule has 0 aliphatic rings. The number of hydrogen-bond acceptors (Lipinski definition) is 4. The van der Waals surface area contributed by atoms with Gasteiger partial charge in [-0.25, -0.2) is 0 Å². The topological polar surface area (TPSA) is 45.8 Å². The molecule has 1 N–H and O–H groups in total. The number of aliphatic hydroxyl groups is 1. The lowest BCUT2D eigenvalue weighted by molar-refractivity contribution is -0.0893. The van der Waals surface area contributed by atoms with Crippen molar-refractivity contribution in [3.05, 3.63) is 121 Å². The number of anilines is 3. The predicted octanol–water partition coefficient (Wildman–Crippen LogP) is 8.53. The van der Waals surface area contributed by atoms with E-state index in [9.17, 15) is 5.11 Å². The molecule has 6 aromatic rings. The summed E-state index contributed by atoms with van der Waals surface area (Å²) in [6.45, 7) is 7.28. The van der Waals surface area contributed by atoms with Crippen LogP contribution in [-0.4, -0.2) is 23.8 Å². The molecule has 203 valence electrons. The second-order valence-electron chi connectivity index (χ2n) is 11.4. The lowest BCUT2D eigenvalue weighted by Gasteiger charge is -2.37. The van der Waals surface area contributed by atoms with Crippen LogP contribution in [0.3, 0.4) is 0 Å². The van der Waals surface area contributed by atoms with Crippen LogP contribution in [0.1, 0.15) is 27.7 Å². The second kappa shape index (κ2) is 10.6. The highest BCUT2D eigenvalue weighted by Crippen LogP contribution is 2.42. The van der Waals surface area contributed by atoms with Gasteiger partial charge in [0, 0.05) is 16.8 Å². The maximum Gasteiger partial charge on any atom is 0.331 e. The van der Waals surface area contributed by atoms with Crippen molar-refractivity contribution in [2.45, 2.75) is 38.9 Å². The SMILES string of the molecule is CC(C)(O)C(C)(C)O[B]c1cc(N(c2ccccc2)c2ccc(-c3ccccc3)cc2)c2c(c1)oc1ccccc12. The molecule has 5 aromatic carbocycles. The van der Waals surface area contributed by atoms with Gasteiger partial charge in [-0.15, -0.1) is 0 Å². The first-order chi connectivity index (χ1) is 19.7. The monoisotopic (exact) mass is 538 g/mol. The average Bonchev–Trinajstić information content (AvgIpc) is 3.36. The summed E-state index contributed by atoms with van der Waals surface area (Å²) >= 11 is 0. The van der Waals surface area contributed by atoms with E-state index in [0.717, 1.165) is 50.0 Å². The van der Waals surface area contributed by atoms with E-state index in [-0.39, 0.29) is 0 Å². The van der Waals surface area contributed by atoms with Crippen LogP contribution in [0.2, 0.25) is 0 Å². The maximum atomic E-state index is 10.7. The summed E-state index contributed by atoms with van der Waals surface area (Å²) in [7, 11) is 1.72. The van der Waals surface area contributed by atoms with Gasteiger partial charge in [0.1, 0.15) is 11.2 Å². The Hall–Kier alpha value is -4.32. The molecular formula is C36H33BNO3. The third-order valence-electron chi connectivity index (χ3n) is 7.93. The molecule has 0 spiro atoms. The fourth-order valence-corrected chi connectivity index (χ4v) is 4.90. The Kier molecular flexibility index (Phi) is 6.94. The summed E-state index contributed by atoms with van der Waals surface area (Å²) in [6, 6.07) is 41.7. The molecule has 0 fully saturated rings. The highest BCUT2D eigenvalue weighted by Gasteiger charge is 2.36. The molecule has 0 aliphatic carbocycles. The quantitative estimate of drug-likeness (QED) is 0.197. The largest absolute Gasteiger partial charge is 0.456 e. The summed E-state index contributed by atoms with van der Waals surface area (Å²) in [5.74, 6) is 0. The zero-order valence-electron chi connectivity index (χ0n) is 23.8. The van der Waals surface area contributed by atoms with Crippen molar-refractivity contribution >= 4 is 51.9 Å². The second-order valence-corrected chi connectivity index (χ2v) is 11.4. The Morgan fingerprint density at radius 1 is 0.659 bits per heavy atom. The van der Waals surface area contributed by atoms with Crippen LogP contribution >= 0.6 is 0 Å². The van der Waals surface area contributed by atoms with Gasteiger partial charge < -0.3 is 19.1 Å². The normalized spacial score (nSPS) is 12.1. The molecule has 41 heavy (non-hydrogen) atoms. The van der Waals surface area contributed by atoms with Crippen molar-refractivity contribution in [2.75, 3.05) is 4.90 Å². The maximum absolute atomic E-state index is 10.7. The van der Waals surface area contributed by atoms with E-state index < -0.39 is 11.2 Å². The van der Waals surface area contributed by atoms with Crippen molar-refractivity contribution in [2.24, 2.45) is 0 Å². The van der Waals surface area contributed by atoms with Gasteiger partial charge in [0.15, 0.2) is 0 Å². The summed E-state index contributed by atoms with van der Waals surface area (Å²) in [4.78, 5) is 2.26. The Bertz CT molecular complexity index is 1790. The minimum atomic E-state index is -1.04. The molecule has 0 saturated carbocycles. The van der Waals surface area contributed by atoms with Gasteiger partial charge in [-0.05, 0) is 86.7 Å². The van der Waals surface area contributed by atoms with Gasteiger partial charge >= 0.3 is 7.48 Å². The zero-order valence-corrected chi connectivity index (χ0v) is 23.8. The van der Waals surface area contributed by atoms with Crippen molar-refractivity contribution in [3.63, 3.8) is 0 Å². The first-order valence-corrected chi connectivity index (χ1v) is 13.9. The van der Waals surface area contributed by atoms with Gasteiger partial charge in [-0.2, -0.15) is 0 Å². The molecule has 5 heteroatoms. The van der Waals surface area contributed by atoms with E-state index in [1.165, 1.54) is 5.56 Å². The third kappa shape index (κ3) is 5.27. The number of rotatable bonds is 8. The third-order valence-corrected chi connectivity index (χ3v) is 7.93. The van der Waals surface area contributed by atoms with Gasteiger partial charge in [0.25, 0.3) is 0 Å². The zero-order chi connectivity index (χ0) is 28.6. The average molecular weight is 538 g/mol. The van der Waals surface area contributed by atoms with Crippen molar-refractivity contribution in [3.8, 4) is 11.1 Å². The highest BCUT2D eigenvalue weighted by molar-refractivity contribution is 6.48. The molecular weight excluding hydrogens is 505 g/mol.